The fraction of sp³-hybridized carbons (Fsp3) is 0.263. The minimum atomic E-state index is -0.433. The second-order valence-electron chi connectivity index (χ2n) is 5.64. The van der Waals surface area contributed by atoms with Crippen LogP contribution in [-0.2, 0) is 0 Å². The summed E-state index contributed by atoms with van der Waals surface area (Å²) in [6, 6.07) is 13.6. The fourth-order valence-corrected chi connectivity index (χ4v) is 2.18. The number of ether oxygens (including phenoxy) is 1. The predicted molar refractivity (Wildman–Crippen MR) is 99.3 cm³/mol. The lowest BCUT2D eigenvalue weighted by atomic mass is 10.1. The van der Waals surface area contributed by atoms with Gasteiger partial charge in [-0.15, -0.1) is 0 Å². The highest BCUT2D eigenvalue weighted by Gasteiger charge is 2.14. The number of rotatable bonds is 6. The van der Waals surface area contributed by atoms with E-state index >= 15 is 0 Å². The van der Waals surface area contributed by atoms with Crippen molar-refractivity contribution in [1.29, 1.82) is 0 Å². The van der Waals surface area contributed by atoms with Crippen molar-refractivity contribution in [2.75, 3.05) is 17.7 Å². The van der Waals surface area contributed by atoms with E-state index in [1.165, 1.54) is 0 Å². The van der Waals surface area contributed by atoms with Crippen molar-refractivity contribution < 1.29 is 14.3 Å². The van der Waals surface area contributed by atoms with Gasteiger partial charge in [0.05, 0.1) is 18.4 Å². The molecule has 0 aromatic heterocycles. The first kappa shape index (κ1) is 18.3. The molecule has 0 fully saturated rings. The van der Waals surface area contributed by atoms with Gasteiger partial charge < -0.3 is 20.7 Å². The second kappa shape index (κ2) is 8.73. The molecule has 0 heterocycles. The molecule has 6 heteroatoms. The second-order valence-corrected chi connectivity index (χ2v) is 5.64. The molecule has 1 unspecified atom stereocenters. The van der Waals surface area contributed by atoms with Crippen LogP contribution in [0.5, 0.6) is 5.75 Å². The van der Waals surface area contributed by atoms with Crippen molar-refractivity contribution in [2.45, 2.75) is 26.3 Å². The van der Waals surface area contributed by atoms with Crippen LogP contribution in [0.3, 0.4) is 0 Å². The van der Waals surface area contributed by atoms with Crippen molar-refractivity contribution in [1.82, 2.24) is 5.32 Å². The van der Waals surface area contributed by atoms with E-state index < -0.39 is 6.03 Å². The molecule has 0 aliphatic heterocycles. The molecule has 3 N–H and O–H groups in total. The zero-order valence-corrected chi connectivity index (χ0v) is 14.6. The molecule has 0 radical (unpaired) electrons. The molecule has 25 heavy (non-hydrogen) atoms. The summed E-state index contributed by atoms with van der Waals surface area (Å²) >= 11 is 0. The van der Waals surface area contributed by atoms with Crippen LogP contribution in [-0.4, -0.2) is 25.1 Å². The molecule has 2 rings (SSSR count). The third kappa shape index (κ3) is 5.24. The lowest BCUT2D eigenvalue weighted by Gasteiger charge is -2.15. The number of carbonyl (C=O) groups is 2. The van der Waals surface area contributed by atoms with Crippen molar-refractivity contribution in [3.8, 4) is 5.75 Å². The number of carbonyl (C=O) groups excluding carboxylic acids is 2. The van der Waals surface area contributed by atoms with Gasteiger partial charge in [0, 0.05) is 17.8 Å². The van der Waals surface area contributed by atoms with E-state index in [0.29, 0.717) is 22.7 Å². The summed E-state index contributed by atoms with van der Waals surface area (Å²) in [4.78, 5) is 24.6. The molecule has 132 valence electrons. The van der Waals surface area contributed by atoms with Crippen LogP contribution in [0, 0.1) is 0 Å². The zero-order chi connectivity index (χ0) is 18.2. The van der Waals surface area contributed by atoms with Crippen LogP contribution in [0.1, 0.15) is 30.6 Å². The molecule has 6 nitrogen and oxygen atoms in total. The molecule has 3 amide bonds. The number of anilines is 2. The molecular formula is C19H23N3O3. The maximum Gasteiger partial charge on any atom is 0.323 e. The number of benzene rings is 2. The summed E-state index contributed by atoms with van der Waals surface area (Å²) in [5, 5.41) is 8.34. The Kier molecular flexibility index (Phi) is 6.39. The van der Waals surface area contributed by atoms with Crippen LogP contribution in [0.15, 0.2) is 48.5 Å². The van der Waals surface area contributed by atoms with Crippen LogP contribution < -0.4 is 20.7 Å². The highest BCUT2D eigenvalue weighted by atomic mass is 16.5. The van der Waals surface area contributed by atoms with Gasteiger partial charge in [0.15, 0.2) is 0 Å². The summed E-state index contributed by atoms with van der Waals surface area (Å²) in [6.07, 6.45) is 0.831. The SMILES string of the molecule is CCC(C)NC(=O)c1ccccc1NC(=O)Nc1cccc(OC)c1. The van der Waals surface area contributed by atoms with E-state index in [4.69, 9.17) is 4.74 Å². The third-order valence-corrected chi connectivity index (χ3v) is 3.74. The number of methoxy groups -OCH3 is 1. The quantitative estimate of drug-likeness (QED) is 0.746. The summed E-state index contributed by atoms with van der Waals surface area (Å²) in [7, 11) is 1.56. The third-order valence-electron chi connectivity index (χ3n) is 3.74. The maximum atomic E-state index is 12.4. The van der Waals surface area contributed by atoms with E-state index in [1.807, 2.05) is 13.8 Å². The average Bonchev–Trinajstić information content (AvgIpc) is 2.62. The van der Waals surface area contributed by atoms with Gasteiger partial charge in [-0.3, -0.25) is 4.79 Å². The van der Waals surface area contributed by atoms with Gasteiger partial charge in [-0.1, -0.05) is 25.1 Å². The number of urea groups is 1. The van der Waals surface area contributed by atoms with Gasteiger partial charge in [0.2, 0.25) is 0 Å². The molecule has 0 saturated heterocycles. The standard InChI is InChI=1S/C19H23N3O3/c1-4-13(2)20-18(23)16-10-5-6-11-17(16)22-19(24)21-14-8-7-9-15(12-14)25-3/h5-13H,4H2,1-3H3,(H,20,23)(H2,21,22,24). The first-order chi connectivity index (χ1) is 12.0. The Bertz CT molecular complexity index is 746. The first-order valence-electron chi connectivity index (χ1n) is 8.15. The predicted octanol–water partition coefficient (Wildman–Crippen LogP) is 3.87. The molecule has 2 aromatic rings. The number of hydrogen-bond donors (Lipinski definition) is 3. The summed E-state index contributed by atoms with van der Waals surface area (Å²) in [5.74, 6) is 0.428. The fourth-order valence-electron chi connectivity index (χ4n) is 2.18. The molecule has 1 atom stereocenters. The maximum absolute atomic E-state index is 12.4. The Morgan fingerprint density at radius 2 is 1.84 bits per heavy atom. The molecule has 0 bridgehead atoms. The number of hydrogen-bond acceptors (Lipinski definition) is 3. The molecule has 2 aromatic carbocycles. The van der Waals surface area contributed by atoms with E-state index in [-0.39, 0.29) is 11.9 Å². The number of para-hydroxylation sites is 1. The zero-order valence-electron chi connectivity index (χ0n) is 14.6. The highest BCUT2D eigenvalue weighted by molar-refractivity contribution is 6.06. The Labute approximate surface area is 147 Å². The minimum absolute atomic E-state index is 0.0613. The van der Waals surface area contributed by atoms with Gasteiger partial charge in [0.25, 0.3) is 5.91 Å². The Hall–Kier alpha value is -3.02. The van der Waals surface area contributed by atoms with E-state index in [0.717, 1.165) is 6.42 Å². The van der Waals surface area contributed by atoms with Crippen molar-refractivity contribution in [3.05, 3.63) is 54.1 Å². The number of amides is 3. The van der Waals surface area contributed by atoms with Gasteiger partial charge in [0.1, 0.15) is 5.75 Å². The summed E-state index contributed by atoms with van der Waals surface area (Å²) in [5.41, 5.74) is 1.46. The Morgan fingerprint density at radius 3 is 2.56 bits per heavy atom. The molecule has 0 saturated carbocycles. The lowest BCUT2D eigenvalue weighted by molar-refractivity contribution is 0.0940. The van der Waals surface area contributed by atoms with Crippen LogP contribution in [0.4, 0.5) is 16.2 Å². The normalized spacial score (nSPS) is 11.3. The molecular weight excluding hydrogens is 318 g/mol. The van der Waals surface area contributed by atoms with Crippen molar-refractivity contribution >= 4 is 23.3 Å². The van der Waals surface area contributed by atoms with Crippen LogP contribution >= 0.6 is 0 Å². The van der Waals surface area contributed by atoms with Gasteiger partial charge >= 0.3 is 6.03 Å². The van der Waals surface area contributed by atoms with Crippen molar-refractivity contribution in [3.63, 3.8) is 0 Å². The smallest absolute Gasteiger partial charge is 0.323 e. The van der Waals surface area contributed by atoms with E-state index in [9.17, 15) is 9.59 Å². The Morgan fingerprint density at radius 1 is 1.08 bits per heavy atom. The topological polar surface area (TPSA) is 79.5 Å². The monoisotopic (exact) mass is 341 g/mol. The number of nitrogens with one attached hydrogen (secondary N) is 3. The van der Waals surface area contributed by atoms with Gasteiger partial charge in [-0.25, -0.2) is 4.79 Å². The van der Waals surface area contributed by atoms with Crippen LogP contribution in [0.25, 0.3) is 0 Å². The van der Waals surface area contributed by atoms with Gasteiger partial charge in [-0.2, -0.15) is 0 Å². The van der Waals surface area contributed by atoms with E-state index in [2.05, 4.69) is 16.0 Å². The first-order valence-corrected chi connectivity index (χ1v) is 8.15. The van der Waals surface area contributed by atoms with Gasteiger partial charge in [-0.05, 0) is 37.6 Å². The summed E-state index contributed by atoms with van der Waals surface area (Å²) < 4.78 is 5.13. The molecule has 0 spiro atoms. The average molecular weight is 341 g/mol. The molecule has 0 aliphatic rings. The largest absolute Gasteiger partial charge is 0.497 e. The van der Waals surface area contributed by atoms with Crippen LogP contribution in [0.2, 0.25) is 0 Å². The van der Waals surface area contributed by atoms with Crippen molar-refractivity contribution in [2.24, 2.45) is 0 Å². The summed E-state index contributed by atoms with van der Waals surface area (Å²) in [6.45, 7) is 3.93. The molecule has 0 aliphatic carbocycles. The Balaban J connectivity index is 2.09. The lowest BCUT2D eigenvalue weighted by Crippen LogP contribution is -2.33. The highest BCUT2D eigenvalue weighted by Crippen LogP contribution is 2.19. The van der Waals surface area contributed by atoms with E-state index in [1.54, 1.807) is 55.6 Å². The minimum Gasteiger partial charge on any atom is -0.497 e.